The second kappa shape index (κ2) is 6.35. The number of hydrogen-bond acceptors (Lipinski definition) is 3. The number of nitrogens with zero attached hydrogens (tertiary/aromatic N) is 2. The lowest BCUT2D eigenvalue weighted by molar-refractivity contribution is -0.145. The lowest BCUT2D eigenvalue weighted by Gasteiger charge is -2.33. The van der Waals surface area contributed by atoms with Crippen molar-refractivity contribution in [3.8, 4) is 0 Å². The first-order valence-electron chi connectivity index (χ1n) is 6.63. The summed E-state index contributed by atoms with van der Waals surface area (Å²) in [4.78, 5) is 29.8. The molecule has 1 saturated heterocycles. The third kappa shape index (κ3) is 3.79. The predicted octanol–water partition coefficient (Wildman–Crippen LogP) is 1.72. The van der Waals surface area contributed by atoms with Gasteiger partial charge < -0.3 is 10.2 Å². The van der Waals surface area contributed by atoms with Crippen LogP contribution in [0.5, 0.6) is 0 Å². The van der Waals surface area contributed by atoms with Gasteiger partial charge in [0.25, 0.3) is 0 Å². The Bertz CT molecular complexity index is 519. The van der Waals surface area contributed by atoms with Crippen LogP contribution in [0.2, 0.25) is 0 Å². The lowest BCUT2D eigenvalue weighted by Crippen LogP contribution is -2.57. The van der Waals surface area contributed by atoms with E-state index in [4.69, 9.17) is 0 Å². The minimum atomic E-state index is -0.406. The van der Waals surface area contributed by atoms with Gasteiger partial charge >= 0.3 is 0 Å². The van der Waals surface area contributed by atoms with Crippen LogP contribution in [0.1, 0.15) is 25.8 Å². The zero-order valence-electron chi connectivity index (χ0n) is 11.6. The number of carbonyl (C=O) groups is 2. The molecule has 2 rings (SSSR count). The smallest absolute Gasteiger partial charge is 0.245 e. The summed E-state index contributed by atoms with van der Waals surface area (Å²) >= 11 is 3.35. The molecule has 6 heteroatoms. The van der Waals surface area contributed by atoms with Gasteiger partial charge in [-0.25, -0.2) is 0 Å². The number of hydrogen-bond donors (Lipinski definition) is 1. The Morgan fingerprint density at radius 3 is 2.85 bits per heavy atom. The maximum Gasteiger partial charge on any atom is 0.245 e. The SMILES string of the molecule is CC(C)CC1NC(=O)CN(Cc2cncc(Br)c2)C1=O. The van der Waals surface area contributed by atoms with Gasteiger partial charge in [-0.15, -0.1) is 0 Å². The second-order valence-electron chi connectivity index (χ2n) is 5.46. The molecule has 0 spiro atoms. The Morgan fingerprint density at radius 1 is 1.45 bits per heavy atom. The molecule has 1 N–H and O–H groups in total. The predicted molar refractivity (Wildman–Crippen MR) is 78.7 cm³/mol. The Kier molecular flexibility index (Phi) is 4.75. The van der Waals surface area contributed by atoms with Crippen LogP contribution in [0, 0.1) is 5.92 Å². The standard InChI is InChI=1S/C14H18BrN3O2/c1-9(2)3-12-14(20)18(8-13(19)17-12)7-10-4-11(15)6-16-5-10/h4-6,9,12H,3,7-8H2,1-2H3,(H,17,19). The number of nitrogens with one attached hydrogen (secondary N) is 1. The first-order chi connectivity index (χ1) is 9.45. The molecule has 1 unspecified atom stereocenters. The first kappa shape index (κ1) is 15.0. The van der Waals surface area contributed by atoms with Gasteiger partial charge in [0.05, 0.1) is 6.54 Å². The highest BCUT2D eigenvalue weighted by Crippen LogP contribution is 2.16. The molecule has 5 nitrogen and oxygen atoms in total. The molecule has 1 atom stereocenters. The number of halogens is 1. The Balaban J connectivity index is 2.10. The zero-order chi connectivity index (χ0) is 14.7. The molecule has 1 aromatic rings. The minimum absolute atomic E-state index is 0.0155. The highest BCUT2D eigenvalue weighted by molar-refractivity contribution is 9.10. The molecule has 20 heavy (non-hydrogen) atoms. The van der Waals surface area contributed by atoms with Gasteiger partial charge in [-0.05, 0) is 39.9 Å². The fourth-order valence-corrected chi connectivity index (χ4v) is 2.71. The summed E-state index contributed by atoms with van der Waals surface area (Å²) in [6.07, 6.45) is 4.07. The molecular formula is C14H18BrN3O2. The van der Waals surface area contributed by atoms with E-state index in [1.54, 1.807) is 17.3 Å². The molecule has 2 amide bonds. The monoisotopic (exact) mass is 339 g/mol. The third-order valence-corrected chi connectivity index (χ3v) is 3.56. The van der Waals surface area contributed by atoms with Crippen LogP contribution in [-0.2, 0) is 16.1 Å². The van der Waals surface area contributed by atoms with E-state index < -0.39 is 6.04 Å². The summed E-state index contributed by atoms with van der Waals surface area (Å²) < 4.78 is 0.864. The average molecular weight is 340 g/mol. The summed E-state index contributed by atoms with van der Waals surface area (Å²) in [5.74, 6) is 0.244. The molecule has 1 aromatic heterocycles. The van der Waals surface area contributed by atoms with Crippen LogP contribution in [0.4, 0.5) is 0 Å². The van der Waals surface area contributed by atoms with Crippen molar-refractivity contribution >= 4 is 27.7 Å². The van der Waals surface area contributed by atoms with Crippen molar-refractivity contribution in [2.75, 3.05) is 6.54 Å². The summed E-state index contributed by atoms with van der Waals surface area (Å²) in [5, 5.41) is 2.77. The van der Waals surface area contributed by atoms with Gasteiger partial charge in [-0.3, -0.25) is 14.6 Å². The van der Waals surface area contributed by atoms with Crippen LogP contribution in [-0.4, -0.2) is 34.3 Å². The second-order valence-corrected chi connectivity index (χ2v) is 6.37. The number of aromatic nitrogens is 1. The van der Waals surface area contributed by atoms with Crippen molar-refractivity contribution < 1.29 is 9.59 Å². The molecule has 1 aliphatic heterocycles. The summed E-state index contributed by atoms with van der Waals surface area (Å²) in [6.45, 7) is 4.60. The largest absolute Gasteiger partial charge is 0.343 e. The van der Waals surface area contributed by atoms with E-state index in [0.29, 0.717) is 18.9 Å². The van der Waals surface area contributed by atoms with Crippen LogP contribution in [0.25, 0.3) is 0 Å². The summed E-state index contributed by atoms with van der Waals surface area (Å²) in [7, 11) is 0. The van der Waals surface area contributed by atoms with Crippen molar-refractivity contribution in [2.24, 2.45) is 5.92 Å². The summed E-state index contributed by atoms with van der Waals surface area (Å²) in [6, 6.07) is 1.50. The van der Waals surface area contributed by atoms with Crippen molar-refractivity contribution in [3.05, 3.63) is 28.5 Å². The van der Waals surface area contributed by atoms with Gasteiger partial charge in [0.1, 0.15) is 6.04 Å². The molecule has 0 radical (unpaired) electrons. The molecular weight excluding hydrogens is 322 g/mol. The zero-order valence-corrected chi connectivity index (χ0v) is 13.2. The molecule has 0 bridgehead atoms. The van der Waals surface area contributed by atoms with Crippen molar-refractivity contribution in [3.63, 3.8) is 0 Å². The van der Waals surface area contributed by atoms with E-state index in [-0.39, 0.29) is 18.4 Å². The number of pyridine rings is 1. The summed E-state index contributed by atoms with van der Waals surface area (Å²) in [5.41, 5.74) is 0.908. The number of amides is 2. The van der Waals surface area contributed by atoms with Crippen molar-refractivity contribution in [1.82, 2.24) is 15.2 Å². The van der Waals surface area contributed by atoms with Gasteiger partial charge in [0.15, 0.2) is 0 Å². The highest BCUT2D eigenvalue weighted by atomic mass is 79.9. The van der Waals surface area contributed by atoms with Crippen molar-refractivity contribution in [1.29, 1.82) is 0 Å². The van der Waals surface area contributed by atoms with Crippen LogP contribution in [0.15, 0.2) is 22.9 Å². The van der Waals surface area contributed by atoms with E-state index in [1.165, 1.54) is 0 Å². The normalized spacial score (nSPS) is 19.4. The van der Waals surface area contributed by atoms with Crippen LogP contribution >= 0.6 is 15.9 Å². The average Bonchev–Trinajstić information content (AvgIpc) is 2.34. The minimum Gasteiger partial charge on any atom is -0.343 e. The molecule has 108 valence electrons. The Morgan fingerprint density at radius 2 is 2.20 bits per heavy atom. The van der Waals surface area contributed by atoms with E-state index in [1.807, 2.05) is 19.9 Å². The fraction of sp³-hybridized carbons (Fsp3) is 0.500. The molecule has 1 fully saturated rings. The first-order valence-corrected chi connectivity index (χ1v) is 7.42. The number of piperazine rings is 1. The topological polar surface area (TPSA) is 62.3 Å². The number of carbonyl (C=O) groups excluding carboxylic acids is 2. The van der Waals surface area contributed by atoms with Crippen LogP contribution < -0.4 is 5.32 Å². The van der Waals surface area contributed by atoms with E-state index in [0.717, 1.165) is 10.0 Å². The fourth-order valence-electron chi connectivity index (χ4n) is 2.30. The van der Waals surface area contributed by atoms with E-state index in [9.17, 15) is 9.59 Å². The third-order valence-electron chi connectivity index (χ3n) is 3.12. The molecule has 1 aliphatic rings. The molecule has 0 aliphatic carbocycles. The molecule has 0 aromatic carbocycles. The lowest BCUT2D eigenvalue weighted by atomic mass is 10.0. The maximum atomic E-state index is 12.4. The maximum absolute atomic E-state index is 12.4. The van der Waals surface area contributed by atoms with E-state index in [2.05, 4.69) is 26.2 Å². The molecule has 2 heterocycles. The van der Waals surface area contributed by atoms with Gasteiger partial charge in [0, 0.05) is 23.4 Å². The number of rotatable bonds is 4. The van der Waals surface area contributed by atoms with E-state index >= 15 is 0 Å². The van der Waals surface area contributed by atoms with Gasteiger partial charge in [-0.2, -0.15) is 0 Å². The Labute approximate surface area is 126 Å². The highest BCUT2D eigenvalue weighted by Gasteiger charge is 2.32. The van der Waals surface area contributed by atoms with Gasteiger partial charge in [-0.1, -0.05) is 13.8 Å². The quantitative estimate of drug-likeness (QED) is 0.908. The van der Waals surface area contributed by atoms with Crippen LogP contribution in [0.3, 0.4) is 0 Å². The van der Waals surface area contributed by atoms with Crippen molar-refractivity contribution in [2.45, 2.75) is 32.9 Å². The Hall–Kier alpha value is -1.43. The molecule has 0 saturated carbocycles. The van der Waals surface area contributed by atoms with Gasteiger partial charge in [0.2, 0.25) is 11.8 Å².